The number of hydrogen-bond donors (Lipinski definition) is 2. The predicted molar refractivity (Wildman–Crippen MR) is 46.4 cm³/mol. The number of nitrogens with one attached hydrogen (secondary N) is 1. The van der Waals surface area contributed by atoms with Crippen molar-refractivity contribution in [2.24, 2.45) is 0 Å². The van der Waals surface area contributed by atoms with E-state index in [9.17, 15) is 4.79 Å². The van der Waals surface area contributed by atoms with Crippen LogP contribution in [-0.4, -0.2) is 5.91 Å². The van der Waals surface area contributed by atoms with E-state index in [-0.39, 0.29) is 11.9 Å². The number of anilines is 1. The molecule has 3 nitrogen and oxygen atoms in total. The van der Waals surface area contributed by atoms with Gasteiger partial charge in [0.05, 0.1) is 12.5 Å². The fourth-order valence-electron chi connectivity index (χ4n) is 1.29. The Labute approximate surface area is 70.6 Å². The first kappa shape index (κ1) is 7.16. The summed E-state index contributed by atoms with van der Waals surface area (Å²) in [5, 5.41) is 2.80. The second-order valence-electron chi connectivity index (χ2n) is 2.99. The van der Waals surface area contributed by atoms with Crippen molar-refractivity contribution >= 4 is 11.6 Å². The van der Waals surface area contributed by atoms with Crippen molar-refractivity contribution in [3.05, 3.63) is 29.8 Å². The third-order valence-electron chi connectivity index (χ3n) is 2.06. The van der Waals surface area contributed by atoms with Crippen molar-refractivity contribution in [2.45, 2.75) is 12.5 Å². The summed E-state index contributed by atoms with van der Waals surface area (Å²) < 4.78 is 0. The average Bonchev–Trinajstić information content (AvgIpc) is 2.01. The molecule has 0 aromatic heterocycles. The topological polar surface area (TPSA) is 55.1 Å². The molecule has 2 rings (SSSR count). The van der Waals surface area contributed by atoms with Gasteiger partial charge in [-0.15, -0.1) is 0 Å². The third kappa shape index (κ3) is 1.13. The van der Waals surface area contributed by atoms with Gasteiger partial charge in [-0.2, -0.15) is 0 Å². The summed E-state index contributed by atoms with van der Waals surface area (Å²) in [4.78, 5) is 10.6. The van der Waals surface area contributed by atoms with Crippen molar-refractivity contribution in [2.75, 3.05) is 5.73 Å². The fraction of sp³-hybridized carbons (Fsp3) is 0.222. The maximum Gasteiger partial charge on any atom is 0.222 e. The van der Waals surface area contributed by atoms with E-state index in [2.05, 4.69) is 5.32 Å². The van der Waals surface area contributed by atoms with Gasteiger partial charge >= 0.3 is 0 Å². The van der Waals surface area contributed by atoms with Crippen LogP contribution in [0.1, 0.15) is 18.0 Å². The van der Waals surface area contributed by atoms with Crippen LogP contribution in [0.4, 0.5) is 5.69 Å². The lowest BCUT2D eigenvalue weighted by atomic mass is 9.97. The van der Waals surface area contributed by atoms with Gasteiger partial charge in [-0.3, -0.25) is 4.79 Å². The Kier molecular flexibility index (Phi) is 1.50. The molecule has 1 heterocycles. The zero-order valence-electron chi connectivity index (χ0n) is 6.58. The van der Waals surface area contributed by atoms with E-state index in [1.165, 1.54) is 0 Å². The van der Waals surface area contributed by atoms with Crippen molar-refractivity contribution in [1.82, 2.24) is 5.32 Å². The molecule has 0 spiro atoms. The number of benzene rings is 1. The summed E-state index contributed by atoms with van der Waals surface area (Å²) in [6.45, 7) is 0. The van der Waals surface area contributed by atoms with E-state index in [1.807, 2.05) is 24.3 Å². The highest BCUT2D eigenvalue weighted by atomic mass is 16.2. The molecule has 1 aliphatic heterocycles. The molecule has 1 atom stereocenters. The lowest BCUT2D eigenvalue weighted by molar-refractivity contribution is -0.128. The van der Waals surface area contributed by atoms with E-state index in [0.29, 0.717) is 6.42 Å². The molecule has 12 heavy (non-hydrogen) atoms. The standard InChI is InChI=1S/C9H10N2O/c10-7-3-1-6(2-4-7)8-5-9(12)11-8/h1-4,8H,5,10H2,(H,11,12)/t8-/m0/s1. The van der Waals surface area contributed by atoms with Gasteiger partial charge in [-0.05, 0) is 17.7 Å². The van der Waals surface area contributed by atoms with Crippen LogP contribution < -0.4 is 11.1 Å². The van der Waals surface area contributed by atoms with Crippen LogP contribution in [0, 0.1) is 0 Å². The number of β-lactam (4-membered cyclic amide) rings is 1. The summed E-state index contributed by atoms with van der Waals surface area (Å²) in [5.74, 6) is 0.122. The van der Waals surface area contributed by atoms with Gasteiger partial charge in [-0.1, -0.05) is 12.1 Å². The number of carbonyl (C=O) groups excluding carboxylic acids is 1. The van der Waals surface area contributed by atoms with E-state index in [0.717, 1.165) is 11.3 Å². The zero-order chi connectivity index (χ0) is 8.55. The van der Waals surface area contributed by atoms with Gasteiger partial charge in [0, 0.05) is 5.69 Å². The largest absolute Gasteiger partial charge is 0.399 e. The van der Waals surface area contributed by atoms with E-state index >= 15 is 0 Å². The maximum absolute atomic E-state index is 10.6. The Morgan fingerprint density at radius 3 is 2.42 bits per heavy atom. The normalized spacial score (nSPS) is 21.3. The summed E-state index contributed by atoms with van der Waals surface area (Å²) in [6, 6.07) is 7.79. The molecule has 1 aromatic rings. The third-order valence-corrected chi connectivity index (χ3v) is 2.06. The molecule has 1 fully saturated rings. The SMILES string of the molecule is Nc1ccc([C@@H]2CC(=O)N2)cc1. The highest BCUT2D eigenvalue weighted by molar-refractivity contribution is 5.83. The minimum Gasteiger partial charge on any atom is -0.399 e. The molecule has 0 unspecified atom stereocenters. The van der Waals surface area contributed by atoms with Crippen LogP contribution in [-0.2, 0) is 4.79 Å². The Balaban J connectivity index is 2.14. The number of hydrogen-bond acceptors (Lipinski definition) is 2. The summed E-state index contributed by atoms with van der Waals surface area (Å²) in [5.41, 5.74) is 7.41. The molecule has 0 radical (unpaired) electrons. The number of carbonyl (C=O) groups is 1. The lowest BCUT2D eigenvalue weighted by Crippen LogP contribution is -2.41. The summed E-state index contributed by atoms with van der Waals surface area (Å²) in [6.07, 6.45) is 0.601. The van der Waals surface area contributed by atoms with Gasteiger partial charge in [0.25, 0.3) is 0 Å². The molecule has 1 amide bonds. The Bertz CT molecular complexity index is 297. The number of rotatable bonds is 1. The lowest BCUT2D eigenvalue weighted by Gasteiger charge is -2.27. The highest BCUT2D eigenvalue weighted by Gasteiger charge is 2.26. The minimum absolute atomic E-state index is 0.122. The van der Waals surface area contributed by atoms with Gasteiger partial charge in [0.1, 0.15) is 0 Å². The molecule has 0 bridgehead atoms. The smallest absolute Gasteiger partial charge is 0.222 e. The van der Waals surface area contributed by atoms with Gasteiger partial charge in [0.15, 0.2) is 0 Å². The monoisotopic (exact) mass is 162 g/mol. The van der Waals surface area contributed by atoms with Crippen LogP contribution in [0.25, 0.3) is 0 Å². The summed E-state index contributed by atoms with van der Waals surface area (Å²) in [7, 11) is 0. The molecule has 1 saturated heterocycles. The van der Waals surface area contributed by atoms with Crippen LogP contribution in [0.3, 0.4) is 0 Å². The van der Waals surface area contributed by atoms with Crippen LogP contribution >= 0.6 is 0 Å². The van der Waals surface area contributed by atoms with Crippen LogP contribution in [0.15, 0.2) is 24.3 Å². The van der Waals surface area contributed by atoms with Crippen LogP contribution in [0.2, 0.25) is 0 Å². The molecule has 3 heteroatoms. The maximum atomic E-state index is 10.6. The van der Waals surface area contributed by atoms with E-state index in [4.69, 9.17) is 5.73 Å². The quantitative estimate of drug-likeness (QED) is 0.474. The minimum atomic E-state index is 0.122. The highest BCUT2D eigenvalue weighted by Crippen LogP contribution is 2.23. The second kappa shape index (κ2) is 2.52. The zero-order valence-corrected chi connectivity index (χ0v) is 6.58. The number of nitrogens with two attached hydrogens (primary N) is 1. The molecule has 62 valence electrons. The van der Waals surface area contributed by atoms with Crippen molar-refractivity contribution in [3.63, 3.8) is 0 Å². The predicted octanol–water partition coefficient (Wildman–Crippen LogP) is 0.830. The molecule has 1 aliphatic rings. The first-order valence-corrected chi connectivity index (χ1v) is 3.90. The van der Waals surface area contributed by atoms with Gasteiger partial charge in [-0.25, -0.2) is 0 Å². The van der Waals surface area contributed by atoms with Gasteiger partial charge in [0.2, 0.25) is 5.91 Å². The summed E-state index contributed by atoms with van der Waals surface area (Å²) >= 11 is 0. The van der Waals surface area contributed by atoms with Crippen molar-refractivity contribution in [1.29, 1.82) is 0 Å². The molecule has 0 saturated carbocycles. The Hall–Kier alpha value is -1.51. The molecular formula is C9H10N2O. The first-order chi connectivity index (χ1) is 5.75. The van der Waals surface area contributed by atoms with E-state index < -0.39 is 0 Å². The second-order valence-corrected chi connectivity index (χ2v) is 2.99. The Morgan fingerprint density at radius 2 is 1.92 bits per heavy atom. The van der Waals surface area contributed by atoms with Gasteiger partial charge < -0.3 is 11.1 Å². The van der Waals surface area contributed by atoms with Crippen molar-refractivity contribution in [3.8, 4) is 0 Å². The fourth-order valence-corrected chi connectivity index (χ4v) is 1.29. The number of amides is 1. The van der Waals surface area contributed by atoms with Crippen LogP contribution in [0.5, 0.6) is 0 Å². The molecule has 0 aliphatic carbocycles. The molecule has 1 aromatic carbocycles. The number of nitrogen functional groups attached to an aromatic ring is 1. The first-order valence-electron chi connectivity index (χ1n) is 3.90. The average molecular weight is 162 g/mol. The Morgan fingerprint density at radius 1 is 1.33 bits per heavy atom. The van der Waals surface area contributed by atoms with Crippen molar-refractivity contribution < 1.29 is 4.79 Å². The molecule has 3 N–H and O–H groups in total. The van der Waals surface area contributed by atoms with E-state index in [1.54, 1.807) is 0 Å². The molecular weight excluding hydrogens is 152 g/mol.